The Labute approximate surface area is 211 Å². The van der Waals surface area contributed by atoms with E-state index in [4.69, 9.17) is 9.47 Å². The van der Waals surface area contributed by atoms with E-state index in [0.29, 0.717) is 18.7 Å². The van der Waals surface area contributed by atoms with E-state index in [1.807, 2.05) is 42.5 Å². The molecule has 3 aromatic rings. The van der Waals surface area contributed by atoms with Crippen molar-refractivity contribution in [3.63, 3.8) is 0 Å². The smallest absolute Gasteiger partial charge is 0.243 e. The van der Waals surface area contributed by atoms with E-state index < -0.39 is 16.1 Å². The Morgan fingerprint density at radius 2 is 1.69 bits per heavy atom. The number of methoxy groups -OCH3 is 2. The Hall–Kier alpha value is -3.51. The second-order valence-electron chi connectivity index (χ2n) is 8.91. The molecule has 1 fully saturated rings. The van der Waals surface area contributed by atoms with Crippen LogP contribution in [0.1, 0.15) is 29.2 Å². The Morgan fingerprint density at radius 3 is 2.39 bits per heavy atom. The van der Waals surface area contributed by atoms with Crippen molar-refractivity contribution in [1.29, 1.82) is 0 Å². The molecule has 1 saturated heterocycles. The van der Waals surface area contributed by atoms with Crippen LogP contribution < -0.4 is 14.8 Å². The van der Waals surface area contributed by atoms with E-state index in [0.717, 1.165) is 28.1 Å². The summed E-state index contributed by atoms with van der Waals surface area (Å²) in [6.45, 7) is 0.301. The van der Waals surface area contributed by atoms with Crippen LogP contribution in [0.4, 0.5) is 5.69 Å². The Morgan fingerprint density at radius 1 is 0.972 bits per heavy atom. The van der Waals surface area contributed by atoms with Gasteiger partial charge < -0.3 is 19.9 Å². The summed E-state index contributed by atoms with van der Waals surface area (Å²) in [6, 6.07) is 19.1. The minimum atomic E-state index is -3.77. The lowest BCUT2D eigenvalue weighted by Gasteiger charge is -2.38. The Bertz CT molecular complexity index is 1430. The number of hydrogen-bond acceptors (Lipinski definition) is 6. The van der Waals surface area contributed by atoms with Gasteiger partial charge in [-0.1, -0.05) is 17.9 Å². The number of nitrogens with one attached hydrogen (secondary N) is 1. The van der Waals surface area contributed by atoms with Gasteiger partial charge in [0.2, 0.25) is 10.0 Å². The summed E-state index contributed by atoms with van der Waals surface area (Å²) in [5.74, 6) is 7.64. The summed E-state index contributed by atoms with van der Waals surface area (Å²) < 4.78 is 39.5. The van der Waals surface area contributed by atoms with Crippen LogP contribution >= 0.6 is 0 Å². The maximum atomic E-state index is 13.7. The molecule has 0 bridgehead atoms. The predicted octanol–water partition coefficient (Wildman–Crippen LogP) is 3.64. The molecule has 186 valence electrons. The van der Waals surface area contributed by atoms with Gasteiger partial charge >= 0.3 is 0 Å². The van der Waals surface area contributed by atoms with Crippen molar-refractivity contribution in [2.24, 2.45) is 5.92 Å². The number of aliphatic hydroxyl groups is 1. The average molecular weight is 505 g/mol. The minimum Gasteiger partial charge on any atom is -0.497 e. The highest BCUT2D eigenvalue weighted by molar-refractivity contribution is 7.89. The maximum Gasteiger partial charge on any atom is 0.243 e. The first-order valence-corrected chi connectivity index (χ1v) is 13.2. The molecule has 8 heteroatoms. The van der Waals surface area contributed by atoms with Crippen molar-refractivity contribution in [2.45, 2.75) is 23.4 Å². The van der Waals surface area contributed by atoms with Crippen LogP contribution in [0.2, 0.25) is 0 Å². The number of ether oxygens (including phenoxy) is 2. The fraction of sp³-hybridized carbons (Fsp3) is 0.286. The summed E-state index contributed by atoms with van der Waals surface area (Å²) in [5, 5.41) is 13.5. The first-order chi connectivity index (χ1) is 17.4. The first-order valence-electron chi connectivity index (χ1n) is 11.8. The number of nitrogens with zero attached hydrogens (tertiary/aromatic N) is 1. The number of anilines is 1. The molecular formula is C28H28N2O5S. The number of aliphatic hydroxyl groups excluding tert-OH is 1. The normalized spacial score (nSPS) is 20.9. The van der Waals surface area contributed by atoms with Crippen molar-refractivity contribution < 1.29 is 23.0 Å². The molecule has 3 atom stereocenters. The zero-order valence-corrected chi connectivity index (χ0v) is 21.0. The minimum absolute atomic E-state index is 0.0582. The number of hydrogen-bond donors (Lipinski definition) is 2. The molecule has 0 radical (unpaired) electrons. The quantitative estimate of drug-likeness (QED) is 0.516. The topological polar surface area (TPSA) is 88.1 Å². The lowest BCUT2D eigenvalue weighted by atomic mass is 9.83. The average Bonchev–Trinajstić information content (AvgIpc) is 3.38. The van der Waals surface area contributed by atoms with Crippen LogP contribution in [0.25, 0.3) is 0 Å². The molecule has 36 heavy (non-hydrogen) atoms. The van der Waals surface area contributed by atoms with Gasteiger partial charge in [0, 0.05) is 29.3 Å². The molecule has 7 nitrogen and oxygen atoms in total. The number of sulfonamides is 1. The van der Waals surface area contributed by atoms with Crippen molar-refractivity contribution in [1.82, 2.24) is 4.31 Å². The fourth-order valence-electron chi connectivity index (χ4n) is 5.10. The van der Waals surface area contributed by atoms with E-state index in [-0.39, 0.29) is 23.5 Å². The standard InChI is InChI=1S/C28H28N2O5S/c1-34-21-9-11-23(12-10-21)36(32,33)30-15-14-24-27(18-31)29-26-13-8-20(17-25(26)28(24)30)7-6-19-4-3-5-22(16-19)35-2/h3-5,8-13,16-17,24,27-29,31H,14-15,18H2,1-2H3/t24-,27+,28-/m1/s1. The molecule has 0 unspecified atom stereocenters. The van der Waals surface area contributed by atoms with Gasteiger partial charge in [0.1, 0.15) is 11.5 Å². The Kier molecular flexibility index (Phi) is 6.63. The zero-order chi connectivity index (χ0) is 25.3. The number of benzene rings is 3. The molecule has 0 aliphatic carbocycles. The molecular weight excluding hydrogens is 476 g/mol. The highest BCUT2D eigenvalue weighted by Gasteiger charge is 2.48. The van der Waals surface area contributed by atoms with Gasteiger partial charge in [0.15, 0.2) is 0 Å². The van der Waals surface area contributed by atoms with Crippen molar-refractivity contribution >= 4 is 15.7 Å². The van der Waals surface area contributed by atoms with E-state index in [1.165, 1.54) is 0 Å². The summed E-state index contributed by atoms with van der Waals surface area (Å²) in [4.78, 5) is 0.221. The summed E-state index contributed by atoms with van der Waals surface area (Å²) in [7, 11) is -0.602. The summed E-state index contributed by atoms with van der Waals surface area (Å²) in [5.41, 5.74) is 3.30. The van der Waals surface area contributed by atoms with Gasteiger partial charge in [-0.25, -0.2) is 8.42 Å². The van der Waals surface area contributed by atoms with Crippen LogP contribution in [0.5, 0.6) is 11.5 Å². The molecule has 5 rings (SSSR count). The van der Waals surface area contributed by atoms with Crippen LogP contribution in [0.3, 0.4) is 0 Å². The van der Waals surface area contributed by atoms with E-state index in [2.05, 4.69) is 17.2 Å². The number of fused-ring (bicyclic) bond motifs is 3. The summed E-state index contributed by atoms with van der Waals surface area (Å²) >= 11 is 0. The molecule has 0 aromatic heterocycles. The van der Waals surface area contributed by atoms with Gasteiger partial charge in [-0.15, -0.1) is 0 Å². The second-order valence-corrected chi connectivity index (χ2v) is 10.8. The summed E-state index contributed by atoms with van der Waals surface area (Å²) in [6.07, 6.45) is 0.650. The van der Waals surface area contributed by atoms with E-state index in [1.54, 1.807) is 42.8 Å². The molecule has 0 saturated carbocycles. The van der Waals surface area contributed by atoms with Crippen LogP contribution in [-0.4, -0.2) is 51.2 Å². The van der Waals surface area contributed by atoms with E-state index in [9.17, 15) is 13.5 Å². The van der Waals surface area contributed by atoms with Gasteiger partial charge in [-0.2, -0.15) is 4.31 Å². The third-order valence-electron chi connectivity index (χ3n) is 6.91. The molecule has 3 aromatic carbocycles. The lowest BCUT2D eigenvalue weighted by molar-refractivity contribution is 0.210. The lowest BCUT2D eigenvalue weighted by Crippen LogP contribution is -2.42. The first kappa shape index (κ1) is 24.2. The molecule has 0 spiro atoms. The predicted molar refractivity (Wildman–Crippen MR) is 138 cm³/mol. The van der Waals surface area contributed by atoms with Crippen molar-refractivity contribution in [3.8, 4) is 23.3 Å². The third kappa shape index (κ3) is 4.42. The maximum absolute atomic E-state index is 13.7. The SMILES string of the molecule is COc1ccc(S(=O)(=O)N2CC[C@@H]3[C@H](CO)Nc4ccc(C#Cc5cccc(OC)c5)cc4[C@@H]32)cc1. The highest BCUT2D eigenvalue weighted by atomic mass is 32.2. The third-order valence-corrected chi connectivity index (χ3v) is 8.81. The van der Waals surface area contributed by atoms with Crippen molar-refractivity contribution in [2.75, 3.05) is 32.7 Å². The van der Waals surface area contributed by atoms with Crippen LogP contribution in [0.15, 0.2) is 71.6 Å². The van der Waals surface area contributed by atoms with Gasteiger partial charge in [-0.05, 0) is 72.6 Å². The largest absolute Gasteiger partial charge is 0.497 e. The fourth-order valence-corrected chi connectivity index (χ4v) is 6.76. The van der Waals surface area contributed by atoms with E-state index >= 15 is 0 Å². The highest BCUT2D eigenvalue weighted by Crippen LogP contribution is 2.48. The zero-order valence-electron chi connectivity index (χ0n) is 20.1. The van der Waals surface area contributed by atoms with Gasteiger partial charge in [0.05, 0.1) is 37.8 Å². The van der Waals surface area contributed by atoms with Crippen LogP contribution in [0, 0.1) is 17.8 Å². The molecule has 2 aliphatic rings. The van der Waals surface area contributed by atoms with Crippen LogP contribution in [-0.2, 0) is 10.0 Å². The molecule has 2 aliphatic heterocycles. The van der Waals surface area contributed by atoms with Gasteiger partial charge in [-0.3, -0.25) is 0 Å². The van der Waals surface area contributed by atoms with Gasteiger partial charge in [0.25, 0.3) is 0 Å². The molecule has 2 N–H and O–H groups in total. The van der Waals surface area contributed by atoms with Crippen molar-refractivity contribution in [3.05, 3.63) is 83.4 Å². The number of rotatable bonds is 5. The molecule has 0 amide bonds. The Balaban J connectivity index is 1.53. The second kappa shape index (κ2) is 9.86. The molecule has 2 heterocycles. The monoisotopic (exact) mass is 504 g/mol.